The zero-order valence-electron chi connectivity index (χ0n) is 9.92. The molecule has 1 atom stereocenters. The molecular formula is C15H14ClOP. The lowest BCUT2D eigenvalue weighted by Gasteiger charge is -2.09. The fraction of sp³-hybridized carbons (Fsp3) is 0.0667. The number of hydrogen-bond donors (Lipinski definition) is 0. The number of halogens is 1. The lowest BCUT2D eigenvalue weighted by molar-refractivity contribution is 0.591. The molecule has 0 aromatic heterocycles. The second kappa shape index (κ2) is 5.56. The van der Waals surface area contributed by atoms with Crippen LogP contribution in [0, 0.1) is 0 Å². The Morgan fingerprint density at radius 1 is 1.00 bits per heavy atom. The van der Waals surface area contributed by atoms with Crippen molar-refractivity contribution in [2.75, 3.05) is 6.16 Å². The van der Waals surface area contributed by atoms with E-state index in [4.69, 9.17) is 11.2 Å². The Morgan fingerprint density at radius 2 is 1.56 bits per heavy atom. The van der Waals surface area contributed by atoms with Crippen LogP contribution in [-0.4, -0.2) is 6.16 Å². The van der Waals surface area contributed by atoms with Crippen molar-refractivity contribution in [3.05, 3.63) is 67.3 Å². The molecule has 1 unspecified atom stereocenters. The molecule has 92 valence electrons. The summed E-state index contributed by atoms with van der Waals surface area (Å²) in [7, 11) is 0. The summed E-state index contributed by atoms with van der Waals surface area (Å²) < 4.78 is 12.2. The molecule has 2 rings (SSSR count). The summed E-state index contributed by atoms with van der Waals surface area (Å²) >= 11 is 6.04. The molecule has 0 spiro atoms. The van der Waals surface area contributed by atoms with Crippen molar-refractivity contribution in [1.82, 2.24) is 0 Å². The Balaban J connectivity index is 2.31. The minimum Gasteiger partial charge on any atom is -0.301 e. The maximum absolute atomic E-state index is 12.2. The van der Waals surface area contributed by atoms with Crippen LogP contribution in [0.2, 0.25) is 0 Å². The third kappa shape index (κ3) is 2.93. The summed E-state index contributed by atoms with van der Waals surface area (Å²) in [4.78, 5) is 0. The molecule has 0 heterocycles. The second-order valence-corrected chi connectivity index (χ2v) is 7.86. The summed E-state index contributed by atoms with van der Waals surface area (Å²) in [6, 6.07) is 17.6. The minimum atomic E-state index is -2.80. The molecule has 0 amide bonds. The van der Waals surface area contributed by atoms with E-state index in [-0.39, 0.29) is 0 Å². The monoisotopic (exact) mass is 276 g/mol. The maximum atomic E-state index is 12.2. The van der Waals surface area contributed by atoms with Crippen LogP contribution in [0.25, 0.3) is 11.1 Å². The van der Waals surface area contributed by atoms with Crippen LogP contribution in [0.3, 0.4) is 0 Å². The quantitative estimate of drug-likeness (QED) is 0.585. The topological polar surface area (TPSA) is 17.1 Å². The largest absolute Gasteiger partial charge is 0.301 e. The van der Waals surface area contributed by atoms with Crippen LogP contribution >= 0.6 is 17.7 Å². The molecule has 3 heteroatoms. The summed E-state index contributed by atoms with van der Waals surface area (Å²) in [6.07, 6.45) is 1.91. The van der Waals surface area contributed by atoms with Crippen LogP contribution in [0.4, 0.5) is 0 Å². The van der Waals surface area contributed by atoms with Crippen molar-refractivity contribution in [2.24, 2.45) is 0 Å². The number of benzene rings is 2. The highest BCUT2D eigenvalue weighted by Gasteiger charge is 2.19. The van der Waals surface area contributed by atoms with Crippen LogP contribution in [0.1, 0.15) is 0 Å². The van der Waals surface area contributed by atoms with Crippen LogP contribution < -0.4 is 5.30 Å². The fourth-order valence-corrected chi connectivity index (χ4v) is 3.55. The van der Waals surface area contributed by atoms with E-state index in [9.17, 15) is 4.57 Å². The predicted molar refractivity (Wildman–Crippen MR) is 80.0 cm³/mol. The standard InChI is InChI=1S/C15H14ClOP/c1-2-12-18(16,17)15-10-8-14(9-11-15)13-6-4-3-5-7-13/h2-11H,1,12H2. The lowest BCUT2D eigenvalue weighted by Crippen LogP contribution is -2.01. The van der Waals surface area contributed by atoms with Gasteiger partial charge in [-0.25, -0.2) is 0 Å². The van der Waals surface area contributed by atoms with Crippen molar-refractivity contribution in [2.45, 2.75) is 0 Å². The summed E-state index contributed by atoms with van der Waals surface area (Å²) in [5.74, 6) is 0. The molecule has 0 fully saturated rings. The minimum absolute atomic E-state index is 0.319. The highest BCUT2D eigenvalue weighted by Crippen LogP contribution is 2.49. The predicted octanol–water partition coefficient (Wildman–Crippen LogP) is 4.68. The van der Waals surface area contributed by atoms with Crippen molar-refractivity contribution in [1.29, 1.82) is 0 Å². The second-order valence-electron chi connectivity index (χ2n) is 4.04. The van der Waals surface area contributed by atoms with Gasteiger partial charge in [0.15, 0.2) is 0 Å². The highest BCUT2D eigenvalue weighted by atomic mass is 35.7. The Hall–Kier alpha value is -1.30. The van der Waals surface area contributed by atoms with Crippen LogP contribution in [0.5, 0.6) is 0 Å². The van der Waals surface area contributed by atoms with E-state index in [1.54, 1.807) is 6.08 Å². The van der Waals surface area contributed by atoms with Gasteiger partial charge in [0.05, 0.1) is 0 Å². The van der Waals surface area contributed by atoms with Gasteiger partial charge in [-0.15, -0.1) is 6.58 Å². The maximum Gasteiger partial charge on any atom is 0.201 e. The molecule has 0 aliphatic rings. The van der Waals surface area contributed by atoms with E-state index in [1.165, 1.54) is 0 Å². The molecular weight excluding hydrogens is 263 g/mol. The Kier molecular flexibility index (Phi) is 4.06. The molecule has 2 aromatic rings. The molecule has 0 N–H and O–H groups in total. The highest BCUT2D eigenvalue weighted by molar-refractivity contribution is 7.95. The number of allylic oxidation sites excluding steroid dienone is 1. The first-order valence-corrected chi connectivity index (χ1v) is 8.49. The molecule has 0 aliphatic carbocycles. The lowest BCUT2D eigenvalue weighted by atomic mass is 10.1. The van der Waals surface area contributed by atoms with E-state index in [0.717, 1.165) is 11.1 Å². The van der Waals surface area contributed by atoms with Crippen molar-refractivity contribution in [3.8, 4) is 11.1 Å². The van der Waals surface area contributed by atoms with Crippen molar-refractivity contribution >= 4 is 23.0 Å². The third-order valence-corrected chi connectivity index (χ3v) is 5.52. The summed E-state index contributed by atoms with van der Waals surface area (Å²) in [6.45, 7) is 0.778. The van der Waals surface area contributed by atoms with E-state index in [1.807, 2.05) is 54.6 Å². The van der Waals surface area contributed by atoms with Crippen LogP contribution in [0.15, 0.2) is 67.3 Å². The smallest absolute Gasteiger partial charge is 0.201 e. The van der Waals surface area contributed by atoms with E-state index in [2.05, 4.69) is 6.58 Å². The van der Waals surface area contributed by atoms with Crippen LogP contribution in [-0.2, 0) is 4.57 Å². The molecule has 0 aliphatic heterocycles. The summed E-state index contributed by atoms with van der Waals surface area (Å²) in [5, 5.41) is 0.684. The first-order valence-electron chi connectivity index (χ1n) is 5.69. The first kappa shape index (κ1) is 13.1. The molecule has 0 saturated heterocycles. The van der Waals surface area contributed by atoms with Gasteiger partial charge in [-0.2, -0.15) is 0 Å². The molecule has 1 nitrogen and oxygen atoms in total. The fourth-order valence-electron chi connectivity index (χ4n) is 1.78. The molecule has 18 heavy (non-hydrogen) atoms. The normalized spacial score (nSPS) is 13.8. The van der Waals surface area contributed by atoms with E-state index in [0.29, 0.717) is 11.5 Å². The zero-order valence-corrected chi connectivity index (χ0v) is 11.6. The van der Waals surface area contributed by atoms with Gasteiger partial charge >= 0.3 is 0 Å². The molecule has 0 bridgehead atoms. The SMILES string of the molecule is C=CCP(=O)(Cl)c1ccc(-c2ccccc2)cc1. The Labute approximate surface area is 112 Å². The number of rotatable bonds is 4. The third-order valence-electron chi connectivity index (χ3n) is 2.72. The average molecular weight is 277 g/mol. The van der Waals surface area contributed by atoms with E-state index < -0.39 is 6.49 Å². The molecule has 0 saturated carbocycles. The van der Waals surface area contributed by atoms with E-state index >= 15 is 0 Å². The van der Waals surface area contributed by atoms with Gasteiger partial charge in [0.25, 0.3) is 0 Å². The van der Waals surface area contributed by atoms with Gasteiger partial charge in [-0.3, -0.25) is 0 Å². The van der Waals surface area contributed by atoms with Crippen molar-refractivity contribution < 1.29 is 4.57 Å². The zero-order chi connectivity index (χ0) is 13.0. The molecule has 0 radical (unpaired) electrons. The van der Waals surface area contributed by atoms with Gasteiger partial charge in [0.2, 0.25) is 6.49 Å². The van der Waals surface area contributed by atoms with Gasteiger partial charge in [-0.1, -0.05) is 48.5 Å². The average Bonchev–Trinajstić information content (AvgIpc) is 2.40. The first-order chi connectivity index (χ1) is 8.63. The summed E-state index contributed by atoms with van der Waals surface area (Å²) in [5.41, 5.74) is 2.23. The van der Waals surface area contributed by atoms with Gasteiger partial charge in [-0.05, 0) is 34.5 Å². The molecule has 2 aromatic carbocycles. The number of hydrogen-bond acceptors (Lipinski definition) is 1. The van der Waals surface area contributed by atoms with Gasteiger partial charge in [0.1, 0.15) is 0 Å². The Morgan fingerprint density at radius 3 is 2.11 bits per heavy atom. The van der Waals surface area contributed by atoms with Gasteiger partial charge in [0, 0.05) is 11.5 Å². The van der Waals surface area contributed by atoms with Crippen molar-refractivity contribution in [3.63, 3.8) is 0 Å². The Bertz CT molecular complexity index is 575. The van der Waals surface area contributed by atoms with Gasteiger partial charge < -0.3 is 4.57 Å².